The topological polar surface area (TPSA) is 57.8 Å². The summed E-state index contributed by atoms with van der Waals surface area (Å²) in [7, 11) is 3.30. The molecule has 3 aromatic rings. The number of piperidine rings is 2. The summed E-state index contributed by atoms with van der Waals surface area (Å²) in [4.78, 5) is 21.7. The zero-order valence-electron chi connectivity index (χ0n) is 21.2. The second-order valence-electron chi connectivity index (χ2n) is 9.78. The van der Waals surface area contributed by atoms with Crippen LogP contribution in [0.25, 0.3) is 22.2 Å². The summed E-state index contributed by atoms with van der Waals surface area (Å²) in [6, 6.07) is 12.7. The van der Waals surface area contributed by atoms with Crippen molar-refractivity contribution in [1.82, 2.24) is 14.8 Å². The largest absolute Gasteiger partial charge is 0.493 e. The van der Waals surface area contributed by atoms with Gasteiger partial charge < -0.3 is 24.3 Å². The van der Waals surface area contributed by atoms with E-state index in [1.54, 1.807) is 14.2 Å². The number of benzene rings is 2. The second-order valence-corrected chi connectivity index (χ2v) is 9.78. The van der Waals surface area contributed by atoms with Crippen molar-refractivity contribution in [2.75, 3.05) is 40.4 Å². The molecule has 6 nitrogen and oxygen atoms in total. The van der Waals surface area contributed by atoms with Gasteiger partial charge in [-0.15, -0.1) is 0 Å². The van der Waals surface area contributed by atoms with Gasteiger partial charge in [-0.25, -0.2) is 0 Å². The van der Waals surface area contributed by atoms with Gasteiger partial charge in [0, 0.05) is 46.9 Å². The van der Waals surface area contributed by atoms with Crippen LogP contribution in [0.5, 0.6) is 11.5 Å². The molecule has 0 atom stereocenters. The van der Waals surface area contributed by atoms with E-state index in [0.29, 0.717) is 17.5 Å². The third-order valence-electron chi connectivity index (χ3n) is 7.84. The summed E-state index contributed by atoms with van der Waals surface area (Å²) in [5.74, 6) is 1.57. The van der Waals surface area contributed by atoms with E-state index in [9.17, 15) is 4.79 Å². The molecule has 0 radical (unpaired) electrons. The molecule has 3 heterocycles. The van der Waals surface area contributed by atoms with E-state index >= 15 is 0 Å². The zero-order valence-corrected chi connectivity index (χ0v) is 21.2. The van der Waals surface area contributed by atoms with Crippen LogP contribution in [0.3, 0.4) is 0 Å². The van der Waals surface area contributed by atoms with Crippen LogP contribution in [0.15, 0.2) is 36.4 Å². The Balaban J connectivity index is 1.37. The molecule has 6 heteroatoms. The van der Waals surface area contributed by atoms with E-state index in [2.05, 4.69) is 27.8 Å². The first-order chi connectivity index (χ1) is 17.1. The maximum atomic E-state index is 13.4. The van der Waals surface area contributed by atoms with E-state index in [1.165, 1.54) is 37.9 Å². The molecule has 0 aliphatic carbocycles. The molecule has 1 N–H and O–H groups in total. The lowest BCUT2D eigenvalue weighted by Gasteiger charge is -2.40. The lowest BCUT2D eigenvalue weighted by Crippen LogP contribution is -2.48. The van der Waals surface area contributed by atoms with Crippen molar-refractivity contribution in [2.45, 2.75) is 51.5 Å². The number of aromatic amines is 1. The average molecular weight is 476 g/mol. The van der Waals surface area contributed by atoms with Crippen LogP contribution in [0.4, 0.5) is 0 Å². The number of nitrogens with one attached hydrogen (secondary N) is 1. The van der Waals surface area contributed by atoms with Gasteiger partial charge in [-0.1, -0.05) is 13.3 Å². The number of aromatic nitrogens is 1. The molecular weight excluding hydrogens is 438 g/mol. The fraction of sp³-hybridized carbons (Fsp3) is 0.483. The number of ether oxygens (including phenoxy) is 2. The number of nitrogens with zero attached hydrogens (tertiary/aromatic N) is 2. The predicted octanol–water partition coefficient (Wildman–Crippen LogP) is 5.51. The summed E-state index contributed by atoms with van der Waals surface area (Å²) in [6.45, 7) is 6.31. The van der Waals surface area contributed by atoms with Gasteiger partial charge in [0.25, 0.3) is 5.91 Å². The molecule has 2 saturated heterocycles. The Morgan fingerprint density at radius 2 is 1.69 bits per heavy atom. The smallest absolute Gasteiger partial charge is 0.253 e. The number of amides is 1. The van der Waals surface area contributed by atoms with Crippen molar-refractivity contribution in [2.24, 2.45) is 0 Å². The van der Waals surface area contributed by atoms with Gasteiger partial charge in [-0.3, -0.25) is 4.79 Å². The Bertz CT molecular complexity index is 1190. The summed E-state index contributed by atoms with van der Waals surface area (Å²) in [5, 5.41) is 1.12. The first-order valence-corrected chi connectivity index (χ1v) is 13.0. The maximum absolute atomic E-state index is 13.4. The molecule has 2 fully saturated rings. The third-order valence-corrected chi connectivity index (χ3v) is 7.84. The Morgan fingerprint density at radius 1 is 0.943 bits per heavy atom. The normalized spacial score (nSPS) is 17.6. The van der Waals surface area contributed by atoms with Gasteiger partial charge in [0.15, 0.2) is 11.5 Å². The number of rotatable bonds is 6. The van der Waals surface area contributed by atoms with Gasteiger partial charge in [0.1, 0.15) is 0 Å². The average Bonchev–Trinajstić information content (AvgIpc) is 3.30. The number of methoxy groups -OCH3 is 2. The van der Waals surface area contributed by atoms with Gasteiger partial charge in [-0.05, 0) is 87.2 Å². The van der Waals surface area contributed by atoms with Crippen LogP contribution in [0.2, 0.25) is 0 Å². The molecule has 1 aromatic heterocycles. The number of hydrogen-bond acceptors (Lipinski definition) is 4. The highest BCUT2D eigenvalue weighted by Crippen LogP contribution is 2.36. The Hall–Kier alpha value is -2.99. The predicted molar refractivity (Wildman–Crippen MR) is 141 cm³/mol. The molecule has 5 rings (SSSR count). The Morgan fingerprint density at radius 3 is 2.37 bits per heavy atom. The minimum Gasteiger partial charge on any atom is -0.493 e. The number of likely N-dealkylation sites (tertiary alicyclic amines) is 2. The lowest BCUT2D eigenvalue weighted by molar-refractivity contribution is 0.0590. The molecule has 0 saturated carbocycles. The number of fused-ring (bicyclic) bond motifs is 1. The number of H-pyrrole nitrogens is 1. The molecule has 1 amide bonds. The first kappa shape index (κ1) is 23.7. The van der Waals surface area contributed by atoms with Gasteiger partial charge in [0.05, 0.1) is 14.2 Å². The van der Waals surface area contributed by atoms with Crippen LogP contribution in [0, 0.1) is 0 Å². The number of hydrogen-bond donors (Lipinski definition) is 1. The van der Waals surface area contributed by atoms with Crippen LogP contribution in [-0.2, 0) is 6.42 Å². The summed E-state index contributed by atoms with van der Waals surface area (Å²) < 4.78 is 10.9. The van der Waals surface area contributed by atoms with Gasteiger partial charge in [0.2, 0.25) is 0 Å². The van der Waals surface area contributed by atoms with E-state index < -0.39 is 0 Å². The second kappa shape index (κ2) is 10.3. The Kier molecular flexibility index (Phi) is 7.00. The minimum absolute atomic E-state index is 0.153. The molecule has 0 bridgehead atoms. The van der Waals surface area contributed by atoms with E-state index in [0.717, 1.165) is 60.1 Å². The number of carbonyl (C=O) groups is 1. The van der Waals surface area contributed by atoms with Crippen molar-refractivity contribution in [3.8, 4) is 22.8 Å². The molecular formula is C29H37N3O3. The molecule has 35 heavy (non-hydrogen) atoms. The highest BCUT2D eigenvalue weighted by molar-refractivity contribution is 6.00. The summed E-state index contributed by atoms with van der Waals surface area (Å²) >= 11 is 0. The number of carbonyl (C=O) groups excluding carboxylic acids is 1. The van der Waals surface area contributed by atoms with Gasteiger partial charge >= 0.3 is 0 Å². The summed E-state index contributed by atoms with van der Waals surface area (Å²) in [6.07, 6.45) is 7.04. The Labute approximate surface area is 208 Å². The van der Waals surface area contributed by atoms with Crippen LogP contribution >= 0.6 is 0 Å². The quantitative estimate of drug-likeness (QED) is 0.511. The fourth-order valence-electron chi connectivity index (χ4n) is 5.89. The van der Waals surface area contributed by atoms with Crippen molar-refractivity contribution in [3.05, 3.63) is 47.5 Å². The summed E-state index contributed by atoms with van der Waals surface area (Å²) in [5.41, 5.74) is 5.15. The minimum atomic E-state index is 0.153. The zero-order chi connectivity index (χ0) is 24.4. The van der Waals surface area contributed by atoms with Crippen molar-refractivity contribution in [1.29, 1.82) is 0 Å². The monoisotopic (exact) mass is 475 g/mol. The fourth-order valence-corrected chi connectivity index (χ4v) is 5.89. The van der Waals surface area contributed by atoms with Crippen LogP contribution < -0.4 is 9.47 Å². The van der Waals surface area contributed by atoms with E-state index in [-0.39, 0.29) is 5.91 Å². The highest BCUT2D eigenvalue weighted by Gasteiger charge is 2.28. The number of aryl methyl sites for hydroxylation is 1. The lowest BCUT2D eigenvalue weighted by atomic mass is 9.98. The van der Waals surface area contributed by atoms with E-state index in [1.807, 2.05) is 30.3 Å². The van der Waals surface area contributed by atoms with Gasteiger partial charge in [-0.2, -0.15) is 0 Å². The maximum Gasteiger partial charge on any atom is 0.253 e. The van der Waals surface area contributed by atoms with Crippen molar-refractivity contribution < 1.29 is 14.3 Å². The molecule has 186 valence electrons. The first-order valence-electron chi connectivity index (χ1n) is 13.0. The standard InChI is InChI=1S/C29H37N3O3/c1-4-23-24-18-21(29(33)32-16-12-22(13-17-32)31-14-6-5-7-15-31)8-10-25(24)30-28(23)20-9-11-26(34-2)27(19-20)35-3/h8-11,18-19,22,30H,4-7,12-17H2,1-3H3. The highest BCUT2D eigenvalue weighted by atomic mass is 16.5. The van der Waals surface area contributed by atoms with Crippen molar-refractivity contribution >= 4 is 16.8 Å². The third kappa shape index (κ3) is 4.64. The van der Waals surface area contributed by atoms with Crippen LogP contribution in [-0.4, -0.2) is 67.1 Å². The molecule has 2 aromatic carbocycles. The molecule has 0 unspecified atom stereocenters. The van der Waals surface area contributed by atoms with Crippen molar-refractivity contribution in [3.63, 3.8) is 0 Å². The SMILES string of the molecule is CCc1c(-c2ccc(OC)c(OC)c2)[nH]c2ccc(C(=O)N3CCC(N4CCCCC4)CC3)cc12. The van der Waals surface area contributed by atoms with Crippen LogP contribution in [0.1, 0.15) is 54.9 Å². The van der Waals surface area contributed by atoms with E-state index in [4.69, 9.17) is 9.47 Å². The molecule has 0 spiro atoms. The molecule has 2 aliphatic heterocycles. The molecule has 2 aliphatic rings.